The highest BCUT2D eigenvalue weighted by Gasteiger charge is 2.15. The summed E-state index contributed by atoms with van der Waals surface area (Å²) in [6.07, 6.45) is 0. The molecule has 0 aliphatic carbocycles. The molecule has 114 valence electrons. The van der Waals surface area contributed by atoms with Gasteiger partial charge in [0.15, 0.2) is 0 Å². The van der Waals surface area contributed by atoms with Crippen molar-refractivity contribution in [1.29, 1.82) is 0 Å². The number of halogens is 1. The molecule has 0 aliphatic rings. The molecule has 0 radical (unpaired) electrons. The summed E-state index contributed by atoms with van der Waals surface area (Å²) in [5, 5.41) is 8.85. The van der Waals surface area contributed by atoms with E-state index in [9.17, 15) is 4.79 Å². The molecule has 0 bridgehead atoms. The van der Waals surface area contributed by atoms with Crippen LogP contribution in [0.2, 0.25) is 0 Å². The average molecular weight is 304 g/mol. The van der Waals surface area contributed by atoms with Crippen molar-refractivity contribution in [2.45, 2.75) is 19.9 Å². The number of carboxylic acids is 1. The molecular formula is C14H22ClNO4. The van der Waals surface area contributed by atoms with Crippen LogP contribution in [0.5, 0.6) is 11.5 Å². The van der Waals surface area contributed by atoms with E-state index in [1.807, 2.05) is 31.2 Å². The van der Waals surface area contributed by atoms with Crippen LogP contribution in [0.4, 0.5) is 0 Å². The smallest absolute Gasteiger partial charge is 0.320 e. The number of benzene rings is 1. The first kappa shape index (κ1) is 18.5. The lowest BCUT2D eigenvalue weighted by Gasteiger charge is -2.20. The van der Waals surface area contributed by atoms with E-state index < -0.39 is 12.0 Å². The van der Waals surface area contributed by atoms with Gasteiger partial charge in [-0.3, -0.25) is 9.69 Å². The van der Waals surface area contributed by atoms with Crippen LogP contribution in [-0.2, 0) is 4.79 Å². The minimum Gasteiger partial charge on any atom is -0.494 e. The molecule has 0 fully saturated rings. The normalized spacial score (nSPS) is 11.6. The highest BCUT2D eigenvalue weighted by Crippen LogP contribution is 2.17. The Balaban J connectivity index is 0.00000361. The molecule has 1 atom stereocenters. The van der Waals surface area contributed by atoms with Gasteiger partial charge in [-0.25, -0.2) is 0 Å². The highest BCUT2D eigenvalue weighted by molar-refractivity contribution is 5.85. The van der Waals surface area contributed by atoms with Gasteiger partial charge in [0.25, 0.3) is 0 Å². The van der Waals surface area contributed by atoms with Crippen LogP contribution in [0.3, 0.4) is 0 Å². The minimum absolute atomic E-state index is 0. The largest absolute Gasteiger partial charge is 0.494 e. The van der Waals surface area contributed by atoms with Gasteiger partial charge in [0, 0.05) is 6.54 Å². The number of hydrogen-bond acceptors (Lipinski definition) is 4. The SMILES string of the molecule is CCOc1ccc(OCCN(C)C(C)C(=O)O)cc1.Cl. The lowest BCUT2D eigenvalue weighted by molar-refractivity contribution is -0.142. The van der Waals surface area contributed by atoms with Crippen molar-refractivity contribution in [2.75, 3.05) is 26.8 Å². The maximum absolute atomic E-state index is 10.8. The molecule has 0 saturated carbocycles. The van der Waals surface area contributed by atoms with Crippen LogP contribution in [0.25, 0.3) is 0 Å². The summed E-state index contributed by atoms with van der Waals surface area (Å²) in [5.74, 6) is 0.731. The molecule has 0 amide bonds. The number of hydrogen-bond donors (Lipinski definition) is 1. The van der Waals surface area contributed by atoms with Crippen LogP contribution >= 0.6 is 12.4 Å². The summed E-state index contributed by atoms with van der Waals surface area (Å²) in [6.45, 7) is 5.23. The van der Waals surface area contributed by atoms with Crippen molar-refractivity contribution < 1.29 is 19.4 Å². The van der Waals surface area contributed by atoms with Crippen LogP contribution in [-0.4, -0.2) is 48.8 Å². The topological polar surface area (TPSA) is 59.0 Å². The Bertz CT molecular complexity index is 397. The zero-order chi connectivity index (χ0) is 14.3. The van der Waals surface area contributed by atoms with E-state index >= 15 is 0 Å². The third-order valence-corrected chi connectivity index (χ3v) is 2.87. The summed E-state index contributed by atoms with van der Waals surface area (Å²) < 4.78 is 10.9. The second-order valence-electron chi connectivity index (χ2n) is 4.25. The molecular weight excluding hydrogens is 282 g/mol. The molecule has 20 heavy (non-hydrogen) atoms. The van der Waals surface area contributed by atoms with Gasteiger partial charge in [0.2, 0.25) is 0 Å². The fraction of sp³-hybridized carbons (Fsp3) is 0.500. The van der Waals surface area contributed by atoms with Crippen LogP contribution in [0.1, 0.15) is 13.8 Å². The molecule has 1 N–H and O–H groups in total. The van der Waals surface area contributed by atoms with E-state index in [1.165, 1.54) is 0 Å². The summed E-state index contributed by atoms with van der Waals surface area (Å²) in [7, 11) is 1.76. The molecule has 0 heterocycles. The Morgan fingerprint density at radius 3 is 2.20 bits per heavy atom. The molecule has 6 heteroatoms. The first-order chi connectivity index (χ1) is 9.04. The molecule has 1 rings (SSSR count). The van der Waals surface area contributed by atoms with E-state index in [4.69, 9.17) is 14.6 Å². The predicted molar refractivity (Wildman–Crippen MR) is 80.1 cm³/mol. The van der Waals surface area contributed by atoms with Gasteiger partial charge in [-0.15, -0.1) is 12.4 Å². The Morgan fingerprint density at radius 2 is 1.75 bits per heavy atom. The number of carboxylic acid groups (broad SMARTS) is 1. The minimum atomic E-state index is -0.830. The number of likely N-dealkylation sites (N-methyl/N-ethyl adjacent to an activating group) is 1. The second kappa shape index (κ2) is 9.44. The number of rotatable bonds is 8. The van der Waals surface area contributed by atoms with Gasteiger partial charge in [0.1, 0.15) is 24.1 Å². The molecule has 0 spiro atoms. The first-order valence-corrected chi connectivity index (χ1v) is 6.33. The Hall–Kier alpha value is -1.46. The zero-order valence-electron chi connectivity index (χ0n) is 12.0. The third kappa shape index (κ3) is 6.12. The van der Waals surface area contributed by atoms with Crippen molar-refractivity contribution in [3.05, 3.63) is 24.3 Å². The number of carbonyl (C=O) groups is 1. The van der Waals surface area contributed by atoms with Crippen molar-refractivity contribution in [2.24, 2.45) is 0 Å². The summed E-state index contributed by atoms with van der Waals surface area (Å²) in [5.41, 5.74) is 0. The van der Waals surface area contributed by atoms with E-state index in [0.29, 0.717) is 19.8 Å². The van der Waals surface area contributed by atoms with Gasteiger partial charge < -0.3 is 14.6 Å². The quantitative estimate of drug-likeness (QED) is 0.798. The van der Waals surface area contributed by atoms with Crippen molar-refractivity contribution in [3.63, 3.8) is 0 Å². The summed E-state index contributed by atoms with van der Waals surface area (Å²) in [6, 6.07) is 6.87. The average Bonchev–Trinajstić information content (AvgIpc) is 2.40. The number of aliphatic carboxylic acids is 1. The van der Waals surface area contributed by atoms with Crippen molar-refractivity contribution in [3.8, 4) is 11.5 Å². The molecule has 1 unspecified atom stereocenters. The third-order valence-electron chi connectivity index (χ3n) is 2.87. The highest BCUT2D eigenvalue weighted by atomic mass is 35.5. The number of ether oxygens (including phenoxy) is 2. The Labute approximate surface area is 125 Å². The summed E-state index contributed by atoms with van der Waals surface area (Å²) in [4.78, 5) is 12.5. The lowest BCUT2D eigenvalue weighted by Crippen LogP contribution is -2.38. The Kier molecular flexibility index (Phi) is 8.76. The van der Waals surface area contributed by atoms with Crippen molar-refractivity contribution in [1.82, 2.24) is 4.90 Å². The van der Waals surface area contributed by atoms with E-state index in [1.54, 1.807) is 18.9 Å². The van der Waals surface area contributed by atoms with Crippen LogP contribution in [0, 0.1) is 0 Å². The lowest BCUT2D eigenvalue weighted by atomic mass is 10.3. The predicted octanol–water partition coefficient (Wildman–Crippen LogP) is 2.29. The van der Waals surface area contributed by atoms with Crippen LogP contribution < -0.4 is 9.47 Å². The molecule has 0 aromatic heterocycles. The first-order valence-electron chi connectivity index (χ1n) is 6.33. The van der Waals surface area contributed by atoms with Crippen molar-refractivity contribution >= 4 is 18.4 Å². The number of nitrogens with zero attached hydrogens (tertiary/aromatic N) is 1. The van der Waals surface area contributed by atoms with Gasteiger partial charge in [-0.1, -0.05) is 0 Å². The standard InChI is InChI=1S/C14H21NO4.ClH/c1-4-18-12-5-7-13(8-6-12)19-10-9-15(3)11(2)14(16)17;/h5-8,11H,4,9-10H2,1-3H3,(H,16,17);1H. The molecule has 5 nitrogen and oxygen atoms in total. The van der Waals surface area contributed by atoms with E-state index in [0.717, 1.165) is 11.5 Å². The maximum Gasteiger partial charge on any atom is 0.320 e. The van der Waals surface area contributed by atoms with Gasteiger partial charge in [-0.05, 0) is 45.2 Å². The summed E-state index contributed by atoms with van der Waals surface area (Å²) >= 11 is 0. The fourth-order valence-electron chi connectivity index (χ4n) is 1.49. The Morgan fingerprint density at radius 1 is 1.25 bits per heavy atom. The maximum atomic E-state index is 10.8. The van der Waals surface area contributed by atoms with Gasteiger partial charge in [0.05, 0.1) is 6.61 Å². The molecule has 1 aromatic rings. The second-order valence-corrected chi connectivity index (χ2v) is 4.25. The van der Waals surface area contributed by atoms with E-state index in [2.05, 4.69) is 0 Å². The molecule has 1 aromatic carbocycles. The van der Waals surface area contributed by atoms with Crippen LogP contribution in [0.15, 0.2) is 24.3 Å². The zero-order valence-corrected chi connectivity index (χ0v) is 12.9. The van der Waals surface area contributed by atoms with Gasteiger partial charge >= 0.3 is 5.97 Å². The monoisotopic (exact) mass is 303 g/mol. The molecule has 0 saturated heterocycles. The fourth-order valence-corrected chi connectivity index (χ4v) is 1.49. The van der Waals surface area contributed by atoms with Gasteiger partial charge in [-0.2, -0.15) is 0 Å². The van der Waals surface area contributed by atoms with E-state index in [-0.39, 0.29) is 12.4 Å². The molecule has 0 aliphatic heterocycles.